The standard InChI is InChI=1S/C25H18N2O7S2/c28-24(18-6-2-1-3-7-18)12-9-17-5-4-8-21(13-17)26-27-23-15-19-10-11-22(35(29,30)31)14-20(19)16-25(23)36(32,33)34/h1-16H,(H,29,30,31)(H,32,33,34)/b12-9-,27-26?. The number of hydrogen-bond donors (Lipinski definition) is 2. The minimum atomic E-state index is -4.74. The van der Waals surface area contributed by atoms with E-state index < -0.39 is 30.0 Å². The SMILES string of the molecule is O=C(/C=C\c1cccc(N=Nc2cc3ccc(S(=O)(=O)O)cc3cc2S(=O)(=O)O)c1)c1ccccc1. The molecule has 182 valence electrons. The van der Waals surface area contributed by atoms with Crippen molar-refractivity contribution in [1.29, 1.82) is 0 Å². The Hall–Kier alpha value is -4.03. The van der Waals surface area contributed by atoms with Gasteiger partial charge in [0.25, 0.3) is 20.2 Å². The first-order chi connectivity index (χ1) is 17.0. The first kappa shape index (κ1) is 25.1. The zero-order valence-electron chi connectivity index (χ0n) is 18.4. The lowest BCUT2D eigenvalue weighted by molar-refractivity contribution is 0.104. The maximum absolute atomic E-state index is 12.3. The molecule has 11 heteroatoms. The third-order valence-corrected chi connectivity index (χ3v) is 6.83. The number of benzene rings is 4. The van der Waals surface area contributed by atoms with Crippen LogP contribution in [0.5, 0.6) is 0 Å². The molecule has 0 bridgehead atoms. The van der Waals surface area contributed by atoms with Gasteiger partial charge >= 0.3 is 0 Å². The molecule has 0 radical (unpaired) electrons. The summed E-state index contributed by atoms with van der Waals surface area (Å²) < 4.78 is 65.6. The maximum atomic E-state index is 12.3. The van der Waals surface area contributed by atoms with E-state index in [0.29, 0.717) is 22.2 Å². The van der Waals surface area contributed by atoms with Crippen LogP contribution in [0.3, 0.4) is 0 Å². The summed E-state index contributed by atoms with van der Waals surface area (Å²) in [7, 11) is -9.25. The van der Waals surface area contributed by atoms with Gasteiger partial charge < -0.3 is 0 Å². The number of fused-ring (bicyclic) bond motifs is 1. The molecule has 0 saturated heterocycles. The van der Waals surface area contributed by atoms with Gasteiger partial charge in [-0.05, 0) is 58.8 Å². The van der Waals surface area contributed by atoms with E-state index in [9.17, 15) is 30.7 Å². The van der Waals surface area contributed by atoms with Crippen molar-refractivity contribution in [2.24, 2.45) is 10.2 Å². The van der Waals surface area contributed by atoms with E-state index in [-0.39, 0.29) is 16.9 Å². The predicted octanol–water partition coefficient (Wildman–Crippen LogP) is 5.64. The molecule has 4 aromatic carbocycles. The first-order valence-electron chi connectivity index (χ1n) is 10.3. The predicted molar refractivity (Wildman–Crippen MR) is 134 cm³/mol. The van der Waals surface area contributed by atoms with Crippen LogP contribution >= 0.6 is 0 Å². The quantitative estimate of drug-likeness (QED) is 0.138. The zero-order valence-corrected chi connectivity index (χ0v) is 20.0. The molecule has 4 aromatic rings. The smallest absolute Gasteiger partial charge is 0.289 e. The molecular weight excluding hydrogens is 504 g/mol. The van der Waals surface area contributed by atoms with E-state index in [4.69, 9.17) is 0 Å². The van der Waals surface area contributed by atoms with Crippen LogP contribution in [-0.4, -0.2) is 31.7 Å². The summed E-state index contributed by atoms with van der Waals surface area (Å²) in [6.45, 7) is 0. The summed E-state index contributed by atoms with van der Waals surface area (Å²) in [5.41, 5.74) is 1.38. The van der Waals surface area contributed by atoms with Crippen LogP contribution in [-0.2, 0) is 20.2 Å². The van der Waals surface area contributed by atoms with Gasteiger partial charge in [-0.2, -0.15) is 21.9 Å². The van der Waals surface area contributed by atoms with Gasteiger partial charge in [-0.25, -0.2) is 0 Å². The molecule has 36 heavy (non-hydrogen) atoms. The Balaban J connectivity index is 1.67. The van der Waals surface area contributed by atoms with E-state index in [0.717, 1.165) is 18.2 Å². The molecule has 0 heterocycles. The Labute approximate surface area is 206 Å². The summed E-state index contributed by atoms with van der Waals surface area (Å²) in [5.74, 6) is -0.172. The molecule has 0 fully saturated rings. The Morgan fingerprint density at radius 1 is 0.722 bits per heavy atom. The molecule has 0 aliphatic carbocycles. The van der Waals surface area contributed by atoms with Gasteiger partial charge in [0.05, 0.1) is 10.6 Å². The molecule has 0 aliphatic heterocycles. The fraction of sp³-hybridized carbons (Fsp3) is 0. The van der Waals surface area contributed by atoms with Gasteiger partial charge in [0.15, 0.2) is 5.78 Å². The number of allylic oxidation sites excluding steroid dienone is 1. The monoisotopic (exact) mass is 522 g/mol. The molecule has 0 atom stereocenters. The summed E-state index contributed by atoms with van der Waals surface area (Å²) in [6.07, 6.45) is 3.03. The summed E-state index contributed by atoms with van der Waals surface area (Å²) >= 11 is 0. The number of carbonyl (C=O) groups excluding carboxylic acids is 1. The average molecular weight is 523 g/mol. The Bertz CT molecular complexity index is 1750. The third kappa shape index (κ3) is 5.96. The van der Waals surface area contributed by atoms with Crippen LogP contribution < -0.4 is 0 Å². The third-order valence-electron chi connectivity index (χ3n) is 5.09. The number of hydrogen-bond acceptors (Lipinski definition) is 7. The highest BCUT2D eigenvalue weighted by Gasteiger charge is 2.18. The average Bonchev–Trinajstić information content (AvgIpc) is 2.84. The summed E-state index contributed by atoms with van der Waals surface area (Å²) in [4.78, 5) is 11.3. The second-order valence-electron chi connectivity index (χ2n) is 7.64. The van der Waals surface area contributed by atoms with E-state index in [1.54, 1.807) is 54.6 Å². The molecule has 0 aliphatic rings. The highest BCUT2D eigenvalue weighted by molar-refractivity contribution is 7.86. The topological polar surface area (TPSA) is 151 Å². The van der Waals surface area contributed by atoms with Gasteiger partial charge in [-0.15, -0.1) is 5.11 Å². The fourth-order valence-corrected chi connectivity index (χ4v) is 4.52. The van der Waals surface area contributed by atoms with Crippen molar-refractivity contribution in [1.82, 2.24) is 0 Å². The summed E-state index contributed by atoms with van der Waals surface area (Å²) in [6, 6.07) is 21.4. The van der Waals surface area contributed by atoms with Crippen LogP contribution in [0.25, 0.3) is 16.8 Å². The van der Waals surface area contributed by atoms with Gasteiger partial charge in [0, 0.05) is 5.56 Å². The molecule has 0 amide bonds. The zero-order chi connectivity index (χ0) is 25.9. The van der Waals surface area contributed by atoms with Crippen molar-refractivity contribution in [3.8, 4) is 0 Å². The molecule has 0 spiro atoms. The number of carbonyl (C=O) groups is 1. The van der Waals surface area contributed by atoms with Crippen LogP contribution in [0.1, 0.15) is 15.9 Å². The fourth-order valence-electron chi connectivity index (χ4n) is 3.36. The van der Waals surface area contributed by atoms with Crippen molar-refractivity contribution in [2.45, 2.75) is 9.79 Å². The van der Waals surface area contributed by atoms with Crippen molar-refractivity contribution in [3.63, 3.8) is 0 Å². The van der Waals surface area contributed by atoms with E-state index >= 15 is 0 Å². The van der Waals surface area contributed by atoms with Crippen molar-refractivity contribution < 1.29 is 30.7 Å². The molecule has 0 aromatic heterocycles. The maximum Gasteiger partial charge on any atom is 0.296 e. The van der Waals surface area contributed by atoms with Gasteiger partial charge in [0.1, 0.15) is 10.6 Å². The Morgan fingerprint density at radius 3 is 2.17 bits per heavy atom. The number of ketones is 1. The second-order valence-corrected chi connectivity index (χ2v) is 10.4. The largest absolute Gasteiger partial charge is 0.296 e. The molecule has 9 nitrogen and oxygen atoms in total. The van der Waals surface area contributed by atoms with Crippen LogP contribution in [0.15, 0.2) is 111 Å². The van der Waals surface area contributed by atoms with Gasteiger partial charge in [-0.1, -0.05) is 54.6 Å². The van der Waals surface area contributed by atoms with Crippen LogP contribution in [0.2, 0.25) is 0 Å². The van der Waals surface area contributed by atoms with Gasteiger partial charge in [-0.3, -0.25) is 13.9 Å². The van der Waals surface area contributed by atoms with E-state index in [2.05, 4.69) is 10.2 Å². The van der Waals surface area contributed by atoms with Crippen LogP contribution in [0, 0.1) is 0 Å². The second kappa shape index (κ2) is 9.91. The van der Waals surface area contributed by atoms with Crippen molar-refractivity contribution in [2.75, 3.05) is 0 Å². The van der Waals surface area contributed by atoms with Crippen molar-refractivity contribution in [3.05, 3.63) is 102 Å². The van der Waals surface area contributed by atoms with E-state index in [1.807, 2.05) is 6.07 Å². The number of azo groups is 1. The lowest BCUT2D eigenvalue weighted by atomic mass is 10.1. The highest BCUT2D eigenvalue weighted by Crippen LogP contribution is 2.32. The Kier molecular flexibility index (Phi) is 6.91. The minimum absolute atomic E-state index is 0.145. The molecule has 4 rings (SSSR count). The summed E-state index contributed by atoms with van der Waals surface area (Å²) in [5, 5.41) is 8.58. The molecule has 0 unspecified atom stereocenters. The lowest BCUT2D eigenvalue weighted by Gasteiger charge is -2.06. The van der Waals surface area contributed by atoms with E-state index in [1.165, 1.54) is 18.2 Å². The highest BCUT2D eigenvalue weighted by atomic mass is 32.2. The minimum Gasteiger partial charge on any atom is -0.289 e. The molecular formula is C25H18N2O7S2. The first-order valence-corrected chi connectivity index (χ1v) is 13.2. The Morgan fingerprint density at radius 2 is 1.47 bits per heavy atom. The number of nitrogens with zero attached hydrogens (tertiary/aromatic N) is 2. The molecule has 2 N–H and O–H groups in total. The number of rotatable bonds is 7. The van der Waals surface area contributed by atoms with Gasteiger partial charge in [0.2, 0.25) is 0 Å². The van der Waals surface area contributed by atoms with Crippen molar-refractivity contribution >= 4 is 54.2 Å². The lowest BCUT2D eigenvalue weighted by Crippen LogP contribution is -2.00. The van der Waals surface area contributed by atoms with Crippen LogP contribution in [0.4, 0.5) is 11.4 Å². The normalized spacial score (nSPS) is 12.5. The molecule has 0 saturated carbocycles.